The zero-order valence-corrected chi connectivity index (χ0v) is 17.1. The number of nitriles is 1. The minimum absolute atomic E-state index is 0.0714. The zero-order chi connectivity index (χ0) is 20.5. The van der Waals surface area contributed by atoms with E-state index in [1.165, 1.54) is 12.1 Å². The number of benzene rings is 2. The van der Waals surface area contributed by atoms with Crippen LogP contribution in [0.2, 0.25) is 10.0 Å². The first-order valence-electron chi connectivity index (χ1n) is 8.32. The van der Waals surface area contributed by atoms with Crippen molar-refractivity contribution in [1.29, 1.82) is 5.26 Å². The van der Waals surface area contributed by atoms with Crippen molar-refractivity contribution < 1.29 is 18.3 Å². The van der Waals surface area contributed by atoms with Crippen molar-refractivity contribution >= 4 is 33.2 Å². The van der Waals surface area contributed by atoms with Crippen molar-refractivity contribution in [3.05, 3.63) is 75.2 Å². The molecule has 1 N–H and O–H groups in total. The lowest BCUT2D eigenvalue weighted by molar-refractivity contribution is 0.0952. The standard InChI is InChI=1S/C19H16Cl2N2O4S/c1-2-27-19(24)15(10-22)18-14-5-3-4-6-17(14)28(25,26)23(18)11-12-7-8-13(20)9-16(12)21/h3-9,18,24H,2,11H2,1H3/b19-15-. The SMILES string of the molecule is CCO/C(O)=C(/C#N)C1c2ccccc2S(=O)(=O)N1Cc1ccc(Cl)cc1Cl. The molecule has 146 valence electrons. The monoisotopic (exact) mass is 438 g/mol. The van der Waals surface area contributed by atoms with Crippen molar-refractivity contribution in [3.8, 4) is 6.07 Å². The fourth-order valence-corrected chi connectivity index (χ4v) is 5.35. The van der Waals surface area contributed by atoms with E-state index in [0.29, 0.717) is 21.2 Å². The van der Waals surface area contributed by atoms with Gasteiger partial charge in [0, 0.05) is 16.6 Å². The fourth-order valence-electron chi connectivity index (χ4n) is 3.10. The van der Waals surface area contributed by atoms with Crippen LogP contribution in [0.4, 0.5) is 0 Å². The Bertz CT molecular complexity index is 1090. The molecule has 9 heteroatoms. The molecule has 2 aromatic rings. The minimum atomic E-state index is -3.93. The average molecular weight is 439 g/mol. The van der Waals surface area contributed by atoms with Gasteiger partial charge in [0.1, 0.15) is 11.6 Å². The molecule has 0 spiro atoms. The predicted molar refractivity (Wildman–Crippen MR) is 105 cm³/mol. The zero-order valence-electron chi connectivity index (χ0n) is 14.8. The lowest BCUT2D eigenvalue weighted by Crippen LogP contribution is -2.29. The Balaban J connectivity index is 2.18. The van der Waals surface area contributed by atoms with Gasteiger partial charge >= 0.3 is 0 Å². The van der Waals surface area contributed by atoms with E-state index < -0.39 is 22.0 Å². The van der Waals surface area contributed by atoms with E-state index in [1.54, 1.807) is 37.3 Å². The van der Waals surface area contributed by atoms with Crippen LogP contribution < -0.4 is 0 Å². The molecule has 0 saturated carbocycles. The number of nitrogens with zero attached hydrogens (tertiary/aromatic N) is 2. The molecule has 6 nitrogen and oxygen atoms in total. The summed E-state index contributed by atoms with van der Waals surface area (Å²) in [7, 11) is -3.93. The molecule has 1 aliphatic heterocycles. The van der Waals surface area contributed by atoms with E-state index in [1.807, 2.05) is 6.07 Å². The maximum atomic E-state index is 13.2. The summed E-state index contributed by atoms with van der Waals surface area (Å²) < 4.78 is 32.6. The quantitative estimate of drug-likeness (QED) is 0.545. The predicted octanol–water partition coefficient (Wildman–Crippen LogP) is 4.57. The van der Waals surface area contributed by atoms with Crippen LogP contribution in [0.25, 0.3) is 0 Å². The summed E-state index contributed by atoms with van der Waals surface area (Å²) in [4.78, 5) is 0.0714. The Morgan fingerprint density at radius 3 is 2.64 bits per heavy atom. The Hall–Kier alpha value is -2.24. The number of halogens is 2. The van der Waals surface area contributed by atoms with Crippen molar-refractivity contribution in [3.63, 3.8) is 0 Å². The van der Waals surface area contributed by atoms with Crippen molar-refractivity contribution in [1.82, 2.24) is 4.31 Å². The van der Waals surface area contributed by atoms with Gasteiger partial charge < -0.3 is 9.84 Å². The molecule has 0 saturated heterocycles. The summed E-state index contributed by atoms with van der Waals surface area (Å²) in [5, 5.41) is 20.6. The van der Waals surface area contributed by atoms with Crippen molar-refractivity contribution in [2.24, 2.45) is 0 Å². The second-order valence-electron chi connectivity index (χ2n) is 5.99. The summed E-state index contributed by atoms with van der Waals surface area (Å²) in [5.41, 5.74) is 0.705. The molecule has 0 aliphatic carbocycles. The van der Waals surface area contributed by atoms with Gasteiger partial charge in [-0.25, -0.2) is 8.42 Å². The first-order chi connectivity index (χ1) is 13.3. The van der Waals surface area contributed by atoms with Gasteiger partial charge in [-0.3, -0.25) is 0 Å². The number of aliphatic hydroxyl groups is 1. The van der Waals surface area contributed by atoms with Crippen LogP contribution in [0, 0.1) is 11.3 Å². The Morgan fingerprint density at radius 1 is 1.29 bits per heavy atom. The Kier molecular flexibility index (Phi) is 5.87. The van der Waals surface area contributed by atoms with Crippen LogP contribution in [0.15, 0.2) is 58.9 Å². The highest BCUT2D eigenvalue weighted by Gasteiger charge is 2.46. The van der Waals surface area contributed by atoms with E-state index in [0.717, 1.165) is 4.31 Å². The largest absolute Gasteiger partial charge is 0.480 e. The van der Waals surface area contributed by atoms with Crippen molar-refractivity contribution in [2.45, 2.75) is 24.4 Å². The van der Waals surface area contributed by atoms with Gasteiger partial charge in [0.15, 0.2) is 0 Å². The Labute approximate surface area is 173 Å². The van der Waals surface area contributed by atoms with Crippen LogP contribution in [-0.2, 0) is 21.3 Å². The highest BCUT2D eigenvalue weighted by molar-refractivity contribution is 7.89. The molecule has 1 heterocycles. The third-order valence-electron chi connectivity index (χ3n) is 4.33. The topological polar surface area (TPSA) is 90.6 Å². The number of rotatable bonds is 5. The molecular formula is C19H16Cl2N2O4S. The molecule has 1 atom stereocenters. The number of aliphatic hydroxyl groups excluding tert-OH is 1. The smallest absolute Gasteiger partial charge is 0.293 e. The Morgan fingerprint density at radius 2 is 2.00 bits per heavy atom. The van der Waals surface area contributed by atoms with Gasteiger partial charge in [0.25, 0.3) is 5.95 Å². The van der Waals surface area contributed by atoms with Crippen LogP contribution in [-0.4, -0.2) is 24.4 Å². The summed E-state index contributed by atoms with van der Waals surface area (Å²) in [5.74, 6) is -0.603. The van der Waals surface area contributed by atoms with E-state index in [9.17, 15) is 18.8 Å². The molecule has 0 aromatic heterocycles. The third kappa shape index (κ3) is 3.56. The van der Waals surface area contributed by atoms with Crippen molar-refractivity contribution in [2.75, 3.05) is 6.61 Å². The normalized spacial score (nSPS) is 18.9. The number of fused-ring (bicyclic) bond motifs is 1. The van der Waals surface area contributed by atoms with Crippen LogP contribution in [0.1, 0.15) is 24.1 Å². The van der Waals surface area contributed by atoms with Gasteiger partial charge in [-0.05, 0) is 36.2 Å². The summed E-state index contributed by atoms with van der Waals surface area (Å²) in [6, 6.07) is 11.9. The van der Waals surface area contributed by atoms with Gasteiger partial charge in [-0.1, -0.05) is 47.5 Å². The molecule has 1 unspecified atom stereocenters. The van der Waals surface area contributed by atoms with Gasteiger partial charge in [0.05, 0.1) is 17.5 Å². The first kappa shape index (κ1) is 20.5. The summed E-state index contributed by atoms with van der Waals surface area (Å²) in [6.45, 7) is 1.67. The second-order valence-corrected chi connectivity index (χ2v) is 8.69. The highest BCUT2D eigenvalue weighted by Crippen LogP contribution is 2.45. The lowest BCUT2D eigenvalue weighted by atomic mass is 9.99. The molecule has 0 amide bonds. The number of hydrogen-bond donors (Lipinski definition) is 1. The maximum absolute atomic E-state index is 13.2. The summed E-state index contributed by atoms with van der Waals surface area (Å²) >= 11 is 12.2. The van der Waals surface area contributed by atoms with Crippen LogP contribution >= 0.6 is 23.2 Å². The number of ether oxygens (including phenoxy) is 1. The fraction of sp³-hybridized carbons (Fsp3) is 0.211. The average Bonchev–Trinajstić information content (AvgIpc) is 2.86. The lowest BCUT2D eigenvalue weighted by Gasteiger charge is -2.24. The summed E-state index contributed by atoms with van der Waals surface area (Å²) in [6.07, 6.45) is 0. The second kappa shape index (κ2) is 8.02. The van der Waals surface area contributed by atoms with Gasteiger partial charge in [0.2, 0.25) is 10.0 Å². The van der Waals surface area contributed by atoms with Crippen LogP contribution in [0.5, 0.6) is 0 Å². The molecule has 28 heavy (non-hydrogen) atoms. The number of hydrogen-bond acceptors (Lipinski definition) is 5. The maximum Gasteiger partial charge on any atom is 0.293 e. The van der Waals surface area contributed by atoms with Gasteiger partial charge in [-0.2, -0.15) is 9.57 Å². The number of sulfonamides is 1. The molecular weight excluding hydrogens is 423 g/mol. The molecule has 0 radical (unpaired) electrons. The minimum Gasteiger partial charge on any atom is -0.480 e. The molecule has 0 bridgehead atoms. The van der Waals surface area contributed by atoms with E-state index in [-0.39, 0.29) is 23.6 Å². The van der Waals surface area contributed by atoms with E-state index >= 15 is 0 Å². The van der Waals surface area contributed by atoms with E-state index in [2.05, 4.69) is 0 Å². The molecule has 0 fully saturated rings. The molecule has 3 rings (SSSR count). The third-order valence-corrected chi connectivity index (χ3v) is 6.81. The molecule has 2 aromatic carbocycles. The molecule has 1 aliphatic rings. The first-order valence-corrected chi connectivity index (χ1v) is 10.5. The highest BCUT2D eigenvalue weighted by atomic mass is 35.5. The van der Waals surface area contributed by atoms with Crippen LogP contribution in [0.3, 0.4) is 0 Å². The van der Waals surface area contributed by atoms with Gasteiger partial charge in [-0.15, -0.1) is 0 Å². The van der Waals surface area contributed by atoms with E-state index in [4.69, 9.17) is 27.9 Å².